The second-order valence-electron chi connectivity index (χ2n) is 3.88. The summed E-state index contributed by atoms with van der Waals surface area (Å²) < 4.78 is 4.87. The van der Waals surface area contributed by atoms with E-state index in [9.17, 15) is 4.79 Å². The topological polar surface area (TPSA) is 64.3 Å². The molecule has 0 heterocycles. The standard InChI is InChI=1S/C10H18N2O2S/c1-14-6-2-3-8(13)12-9(10(11)15)7-4-5-7/h7,9H,2-6H2,1H3,(H2,11,15)(H,12,13). The minimum atomic E-state index is -0.102. The summed E-state index contributed by atoms with van der Waals surface area (Å²) in [6.45, 7) is 0.606. The van der Waals surface area contributed by atoms with E-state index in [0.29, 0.717) is 23.9 Å². The van der Waals surface area contributed by atoms with Gasteiger partial charge in [0.2, 0.25) is 5.91 Å². The summed E-state index contributed by atoms with van der Waals surface area (Å²) in [6, 6.07) is -0.102. The van der Waals surface area contributed by atoms with Crippen molar-refractivity contribution in [2.75, 3.05) is 13.7 Å². The molecule has 0 radical (unpaired) electrons. The van der Waals surface area contributed by atoms with E-state index < -0.39 is 0 Å². The van der Waals surface area contributed by atoms with Crippen LogP contribution in [0.25, 0.3) is 0 Å². The number of rotatable bonds is 7. The molecular weight excluding hydrogens is 212 g/mol. The molecule has 0 aromatic heterocycles. The van der Waals surface area contributed by atoms with Gasteiger partial charge in [-0.05, 0) is 25.2 Å². The SMILES string of the molecule is COCCCC(=O)NC(C(N)=S)C1CC1. The predicted molar refractivity (Wildman–Crippen MR) is 62.6 cm³/mol. The highest BCUT2D eigenvalue weighted by Gasteiger charge is 2.33. The zero-order valence-corrected chi connectivity index (χ0v) is 9.81. The molecule has 0 saturated heterocycles. The lowest BCUT2D eigenvalue weighted by Gasteiger charge is -2.16. The Bertz CT molecular complexity index is 242. The maximum absolute atomic E-state index is 11.5. The Hall–Kier alpha value is -0.680. The molecule has 1 rings (SSSR count). The highest BCUT2D eigenvalue weighted by molar-refractivity contribution is 7.80. The van der Waals surface area contributed by atoms with Crippen molar-refractivity contribution in [1.82, 2.24) is 5.32 Å². The fraction of sp³-hybridized carbons (Fsp3) is 0.800. The van der Waals surface area contributed by atoms with Crippen LogP contribution in [0.4, 0.5) is 0 Å². The Kier molecular flexibility index (Phi) is 4.98. The molecule has 1 saturated carbocycles. The molecule has 1 aliphatic carbocycles. The minimum absolute atomic E-state index is 0.0109. The smallest absolute Gasteiger partial charge is 0.220 e. The Morgan fingerprint density at radius 1 is 1.67 bits per heavy atom. The van der Waals surface area contributed by atoms with Crippen LogP contribution >= 0.6 is 12.2 Å². The van der Waals surface area contributed by atoms with E-state index >= 15 is 0 Å². The molecule has 1 amide bonds. The number of ether oxygens (including phenoxy) is 1. The molecule has 0 spiro atoms. The number of carbonyl (C=O) groups excluding carboxylic acids is 1. The van der Waals surface area contributed by atoms with Crippen LogP contribution in [0.1, 0.15) is 25.7 Å². The van der Waals surface area contributed by atoms with Gasteiger partial charge in [0, 0.05) is 20.1 Å². The van der Waals surface area contributed by atoms with Crippen LogP contribution in [-0.4, -0.2) is 30.7 Å². The number of methoxy groups -OCH3 is 1. The van der Waals surface area contributed by atoms with Crippen molar-refractivity contribution in [3.05, 3.63) is 0 Å². The number of amides is 1. The summed E-state index contributed by atoms with van der Waals surface area (Å²) in [5.74, 6) is 0.477. The number of thiocarbonyl (C=S) groups is 1. The molecule has 0 aromatic carbocycles. The Labute approximate surface area is 95.5 Å². The normalized spacial score (nSPS) is 17.1. The van der Waals surface area contributed by atoms with Gasteiger partial charge in [-0.1, -0.05) is 12.2 Å². The van der Waals surface area contributed by atoms with E-state index in [4.69, 9.17) is 22.7 Å². The zero-order valence-electron chi connectivity index (χ0n) is 8.99. The molecule has 1 atom stereocenters. The van der Waals surface area contributed by atoms with Gasteiger partial charge in [-0.3, -0.25) is 4.79 Å². The maximum atomic E-state index is 11.5. The number of hydrogen-bond donors (Lipinski definition) is 2. The summed E-state index contributed by atoms with van der Waals surface area (Å²) in [5.41, 5.74) is 5.57. The van der Waals surface area contributed by atoms with Crippen molar-refractivity contribution in [2.45, 2.75) is 31.7 Å². The van der Waals surface area contributed by atoms with Gasteiger partial charge >= 0.3 is 0 Å². The molecule has 0 bridgehead atoms. The van der Waals surface area contributed by atoms with E-state index in [2.05, 4.69) is 5.32 Å². The largest absolute Gasteiger partial charge is 0.392 e. The molecule has 1 aliphatic rings. The fourth-order valence-corrected chi connectivity index (χ4v) is 1.72. The van der Waals surface area contributed by atoms with Gasteiger partial charge in [-0.25, -0.2) is 0 Å². The lowest BCUT2D eigenvalue weighted by atomic mass is 10.1. The van der Waals surface area contributed by atoms with Crippen molar-refractivity contribution < 1.29 is 9.53 Å². The van der Waals surface area contributed by atoms with Gasteiger partial charge in [-0.2, -0.15) is 0 Å². The van der Waals surface area contributed by atoms with Gasteiger partial charge in [0.05, 0.1) is 11.0 Å². The Balaban J connectivity index is 2.24. The van der Waals surface area contributed by atoms with E-state index in [1.165, 1.54) is 0 Å². The molecule has 1 fully saturated rings. The summed E-state index contributed by atoms with van der Waals surface area (Å²) >= 11 is 4.93. The van der Waals surface area contributed by atoms with E-state index in [0.717, 1.165) is 19.3 Å². The first kappa shape index (κ1) is 12.4. The molecule has 5 heteroatoms. The zero-order chi connectivity index (χ0) is 11.3. The highest BCUT2D eigenvalue weighted by atomic mass is 32.1. The average Bonchev–Trinajstić information content (AvgIpc) is 2.97. The molecular formula is C10H18N2O2S. The second-order valence-corrected chi connectivity index (χ2v) is 4.35. The van der Waals surface area contributed by atoms with Crippen LogP contribution in [0, 0.1) is 5.92 Å². The summed E-state index contributed by atoms with van der Waals surface area (Å²) in [7, 11) is 1.62. The first-order valence-electron chi connectivity index (χ1n) is 5.22. The van der Waals surface area contributed by atoms with Crippen molar-refractivity contribution in [3.63, 3.8) is 0 Å². The van der Waals surface area contributed by atoms with Gasteiger partial charge in [0.1, 0.15) is 0 Å². The van der Waals surface area contributed by atoms with Crippen molar-refractivity contribution in [1.29, 1.82) is 0 Å². The van der Waals surface area contributed by atoms with Crippen LogP contribution in [0.2, 0.25) is 0 Å². The third kappa shape index (κ3) is 4.57. The third-order valence-electron chi connectivity index (χ3n) is 2.47. The number of nitrogens with two attached hydrogens (primary N) is 1. The van der Waals surface area contributed by atoms with Gasteiger partial charge in [-0.15, -0.1) is 0 Å². The molecule has 86 valence electrons. The lowest BCUT2D eigenvalue weighted by molar-refractivity contribution is -0.121. The Morgan fingerprint density at radius 2 is 2.33 bits per heavy atom. The number of hydrogen-bond acceptors (Lipinski definition) is 3. The minimum Gasteiger partial charge on any atom is -0.392 e. The van der Waals surface area contributed by atoms with Crippen LogP contribution in [0.15, 0.2) is 0 Å². The van der Waals surface area contributed by atoms with Crippen molar-refractivity contribution in [3.8, 4) is 0 Å². The first-order valence-corrected chi connectivity index (χ1v) is 5.63. The van der Waals surface area contributed by atoms with Crippen LogP contribution in [0.5, 0.6) is 0 Å². The molecule has 3 N–H and O–H groups in total. The number of nitrogens with one attached hydrogen (secondary N) is 1. The molecule has 15 heavy (non-hydrogen) atoms. The summed E-state index contributed by atoms with van der Waals surface area (Å²) in [4.78, 5) is 11.9. The van der Waals surface area contributed by atoms with E-state index in [-0.39, 0.29) is 11.9 Å². The number of carbonyl (C=O) groups is 1. The average molecular weight is 230 g/mol. The molecule has 0 aliphatic heterocycles. The fourth-order valence-electron chi connectivity index (χ4n) is 1.47. The first-order chi connectivity index (χ1) is 7.15. The quantitative estimate of drug-likeness (QED) is 0.496. The van der Waals surface area contributed by atoms with E-state index in [1.807, 2.05) is 0 Å². The summed E-state index contributed by atoms with van der Waals surface area (Å²) in [5, 5.41) is 2.88. The predicted octanol–water partition coefficient (Wildman–Crippen LogP) is 0.594. The van der Waals surface area contributed by atoms with Crippen LogP contribution in [-0.2, 0) is 9.53 Å². The molecule has 4 nitrogen and oxygen atoms in total. The highest BCUT2D eigenvalue weighted by Crippen LogP contribution is 2.32. The second kappa shape index (κ2) is 6.02. The van der Waals surface area contributed by atoms with Gasteiger partial charge < -0.3 is 15.8 Å². The van der Waals surface area contributed by atoms with Gasteiger partial charge in [0.25, 0.3) is 0 Å². The molecule has 1 unspecified atom stereocenters. The van der Waals surface area contributed by atoms with Crippen molar-refractivity contribution >= 4 is 23.1 Å². The third-order valence-corrected chi connectivity index (χ3v) is 2.72. The summed E-state index contributed by atoms with van der Waals surface area (Å²) in [6.07, 6.45) is 3.43. The maximum Gasteiger partial charge on any atom is 0.220 e. The van der Waals surface area contributed by atoms with Gasteiger partial charge in [0.15, 0.2) is 0 Å². The Morgan fingerprint density at radius 3 is 2.80 bits per heavy atom. The van der Waals surface area contributed by atoms with E-state index in [1.54, 1.807) is 7.11 Å². The van der Waals surface area contributed by atoms with Crippen LogP contribution in [0.3, 0.4) is 0 Å². The molecule has 0 aromatic rings. The van der Waals surface area contributed by atoms with Crippen LogP contribution < -0.4 is 11.1 Å². The van der Waals surface area contributed by atoms with Crippen molar-refractivity contribution in [2.24, 2.45) is 11.7 Å². The lowest BCUT2D eigenvalue weighted by Crippen LogP contribution is -2.45. The monoisotopic (exact) mass is 230 g/mol.